The summed E-state index contributed by atoms with van der Waals surface area (Å²) < 4.78 is 17.8. The van der Waals surface area contributed by atoms with Crippen LogP contribution in [0.1, 0.15) is 22.3 Å². The summed E-state index contributed by atoms with van der Waals surface area (Å²) in [7, 11) is 0. The fourth-order valence-corrected chi connectivity index (χ4v) is 4.66. The molecule has 0 saturated heterocycles. The first-order valence-corrected chi connectivity index (χ1v) is 11.7. The molecule has 3 heterocycles. The van der Waals surface area contributed by atoms with Gasteiger partial charge in [0.2, 0.25) is 0 Å². The Balaban J connectivity index is 0.000000314. The number of carbonyl (C=O) groups is 2. The molecule has 3 aliphatic rings. The van der Waals surface area contributed by atoms with E-state index in [-0.39, 0.29) is 0 Å². The molecule has 2 aromatic rings. The van der Waals surface area contributed by atoms with E-state index in [2.05, 4.69) is 35.3 Å². The van der Waals surface area contributed by atoms with Gasteiger partial charge in [-0.1, -0.05) is 12.1 Å². The Hall–Kier alpha value is -3.72. The van der Waals surface area contributed by atoms with Gasteiger partial charge in [0.1, 0.15) is 25.6 Å². The average Bonchev–Trinajstić information content (AvgIpc) is 3.09. The van der Waals surface area contributed by atoms with Crippen LogP contribution in [0.2, 0.25) is 0 Å². The van der Waals surface area contributed by atoms with Gasteiger partial charge in [-0.15, -0.1) is 0 Å². The van der Waals surface area contributed by atoms with Crippen molar-refractivity contribution in [3.8, 4) is 17.2 Å². The summed E-state index contributed by atoms with van der Waals surface area (Å²) in [4.78, 5) is 21.6. The second-order valence-corrected chi connectivity index (χ2v) is 8.46. The second kappa shape index (κ2) is 11.1. The number of fused-ring (bicyclic) bond motifs is 3. The third kappa shape index (κ3) is 5.86. The number of benzene rings is 2. The number of hydrogen-bond donors (Lipinski definition) is 3. The van der Waals surface area contributed by atoms with Gasteiger partial charge in [0.15, 0.2) is 11.5 Å². The molecule has 35 heavy (non-hydrogen) atoms. The van der Waals surface area contributed by atoms with Crippen LogP contribution in [0.25, 0.3) is 0 Å². The molecule has 0 saturated carbocycles. The molecule has 3 N–H and O–H groups in total. The van der Waals surface area contributed by atoms with Crippen LogP contribution >= 0.6 is 0 Å². The predicted octanol–water partition coefficient (Wildman–Crippen LogP) is 2.57. The largest absolute Gasteiger partial charge is 0.490 e. The molecule has 0 atom stereocenters. The van der Waals surface area contributed by atoms with Crippen LogP contribution in [0.3, 0.4) is 0 Å². The SMILES string of the molecule is Cc1c2c(cc3c1N(Cc1cccc4c1OCCO4)CCO3)CCNCC2.O=C(O)/C=C/C(=O)O. The monoisotopic (exact) mass is 482 g/mol. The molecule has 0 radical (unpaired) electrons. The third-order valence-electron chi connectivity index (χ3n) is 6.17. The minimum Gasteiger partial charge on any atom is -0.490 e. The van der Waals surface area contributed by atoms with Crippen LogP contribution in [-0.4, -0.2) is 61.6 Å². The van der Waals surface area contributed by atoms with E-state index in [1.54, 1.807) is 0 Å². The Morgan fingerprint density at radius 2 is 1.71 bits per heavy atom. The number of rotatable bonds is 4. The molecule has 0 amide bonds. The van der Waals surface area contributed by atoms with Crippen molar-refractivity contribution in [1.29, 1.82) is 0 Å². The van der Waals surface area contributed by atoms with E-state index in [4.69, 9.17) is 24.4 Å². The van der Waals surface area contributed by atoms with Gasteiger partial charge in [-0.05, 0) is 61.7 Å². The number of para-hydroxylation sites is 1. The highest BCUT2D eigenvalue weighted by Gasteiger charge is 2.26. The highest BCUT2D eigenvalue weighted by Crippen LogP contribution is 2.42. The lowest BCUT2D eigenvalue weighted by Gasteiger charge is -2.35. The van der Waals surface area contributed by atoms with Crippen LogP contribution in [0.4, 0.5) is 5.69 Å². The van der Waals surface area contributed by atoms with Gasteiger partial charge in [-0.2, -0.15) is 0 Å². The number of aliphatic carboxylic acids is 2. The van der Waals surface area contributed by atoms with Crippen LogP contribution in [0.5, 0.6) is 17.2 Å². The lowest BCUT2D eigenvalue weighted by Crippen LogP contribution is -2.33. The van der Waals surface area contributed by atoms with Crippen LogP contribution < -0.4 is 24.4 Å². The molecule has 0 unspecified atom stereocenters. The molecule has 5 rings (SSSR count). The van der Waals surface area contributed by atoms with Gasteiger partial charge in [-0.25, -0.2) is 9.59 Å². The standard InChI is InChI=1S/C22H26N2O3.C4H4O4/c1-15-18-6-8-23-7-5-16(18)13-20-21(15)24(9-10-25-20)14-17-3-2-4-19-22(17)27-12-11-26-19;5-3(6)1-2-4(7)8/h2-4,13,23H,5-12,14H2,1H3;1-2H,(H,5,6)(H,7,8)/b;2-1+. The number of ether oxygens (including phenoxy) is 3. The summed E-state index contributed by atoms with van der Waals surface area (Å²) in [6, 6.07) is 8.46. The second-order valence-electron chi connectivity index (χ2n) is 8.46. The Morgan fingerprint density at radius 3 is 2.49 bits per heavy atom. The first-order valence-electron chi connectivity index (χ1n) is 11.7. The lowest BCUT2D eigenvalue weighted by atomic mass is 9.94. The van der Waals surface area contributed by atoms with Crippen molar-refractivity contribution < 1.29 is 34.0 Å². The van der Waals surface area contributed by atoms with Gasteiger partial charge in [0.05, 0.1) is 12.2 Å². The zero-order valence-electron chi connectivity index (χ0n) is 19.7. The van der Waals surface area contributed by atoms with Crippen LogP contribution in [0.15, 0.2) is 36.4 Å². The number of carboxylic acids is 2. The summed E-state index contributed by atoms with van der Waals surface area (Å²) in [5.41, 5.74) is 6.72. The Bertz CT molecular complexity index is 1110. The highest BCUT2D eigenvalue weighted by atomic mass is 16.6. The van der Waals surface area contributed by atoms with Crippen LogP contribution in [0, 0.1) is 6.92 Å². The van der Waals surface area contributed by atoms with E-state index in [9.17, 15) is 9.59 Å². The molecular weight excluding hydrogens is 452 g/mol. The molecular formula is C26H30N2O7. The topological polar surface area (TPSA) is 118 Å². The van der Waals surface area contributed by atoms with E-state index in [1.165, 1.54) is 27.9 Å². The molecule has 0 aromatic heterocycles. The summed E-state index contributed by atoms with van der Waals surface area (Å²) in [6.07, 6.45) is 3.27. The molecule has 2 aromatic carbocycles. The van der Waals surface area contributed by atoms with E-state index in [0.29, 0.717) is 25.4 Å². The molecule has 186 valence electrons. The maximum Gasteiger partial charge on any atom is 0.328 e. The van der Waals surface area contributed by atoms with Crippen molar-refractivity contribution in [3.05, 3.63) is 58.7 Å². The maximum absolute atomic E-state index is 9.55. The minimum absolute atomic E-state index is 0.558. The Kier molecular flexibility index (Phi) is 7.77. The van der Waals surface area contributed by atoms with Crippen molar-refractivity contribution in [2.45, 2.75) is 26.3 Å². The molecule has 0 spiro atoms. The van der Waals surface area contributed by atoms with E-state index >= 15 is 0 Å². The van der Waals surface area contributed by atoms with Crippen molar-refractivity contribution in [1.82, 2.24) is 5.32 Å². The predicted molar refractivity (Wildman–Crippen MR) is 130 cm³/mol. The van der Waals surface area contributed by atoms with Gasteiger partial charge < -0.3 is 34.6 Å². The van der Waals surface area contributed by atoms with E-state index in [1.807, 2.05) is 6.07 Å². The third-order valence-corrected chi connectivity index (χ3v) is 6.17. The smallest absolute Gasteiger partial charge is 0.328 e. The zero-order valence-corrected chi connectivity index (χ0v) is 19.7. The zero-order chi connectivity index (χ0) is 24.8. The first-order chi connectivity index (χ1) is 16.9. The van der Waals surface area contributed by atoms with Crippen molar-refractivity contribution in [2.75, 3.05) is 44.4 Å². The quantitative estimate of drug-likeness (QED) is 0.565. The van der Waals surface area contributed by atoms with Crippen LogP contribution in [-0.2, 0) is 29.0 Å². The Labute approximate surface area is 203 Å². The van der Waals surface area contributed by atoms with Gasteiger partial charge >= 0.3 is 11.9 Å². The molecule has 0 bridgehead atoms. The van der Waals surface area contributed by atoms with E-state index < -0.39 is 11.9 Å². The minimum atomic E-state index is -1.26. The molecule has 9 nitrogen and oxygen atoms in total. The van der Waals surface area contributed by atoms with Crippen molar-refractivity contribution in [3.63, 3.8) is 0 Å². The first kappa shape index (κ1) is 24.4. The van der Waals surface area contributed by atoms with Crippen molar-refractivity contribution in [2.24, 2.45) is 0 Å². The number of carboxylic acid groups (broad SMARTS) is 2. The van der Waals surface area contributed by atoms with Gasteiger partial charge in [0.25, 0.3) is 0 Å². The average molecular weight is 483 g/mol. The lowest BCUT2D eigenvalue weighted by molar-refractivity contribution is -0.134. The normalized spacial score (nSPS) is 16.2. The summed E-state index contributed by atoms with van der Waals surface area (Å²) >= 11 is 0. The van der Waals surface area contributed by atoms with Gasteiger partial charge in [0, 0.05) is 24.3 Å². The summed E-state index contributed by atoms with van der Waals surface area (Å²) in [5.74, 6) is 0.270. The molecule has 0 fully saturated rings. The van der Waals surface area contributed by atoms with Gasteiger partial charge in [-0.3, -0.25) is 0 Å². The van der Waals surface area contributed by atoms with Crippen molar-refractivity contribution >= 4 is 17.6 Å². The maximum atomic E-state index is 9.55. The Morgan fingerprint density at radius 1 is 1.00 bits per heavy atom. The van der Waals surface area contributed by atoms with E-state index in [0.717, 1.165) is 62.9 Å². The fourth-order valence-electron chi connectivity index (χ4n) is 4.66. The number of nitrogens with one attached hydrogen (secondary N) is 1. The molecule has 9 heteroatoms. The fraction of sp³-hybridized carbons (Fsp3) is 0.385. The number of anilines is 1. The molecule has 3 aliphatic heterocycles. The summed E-state index contributed by atoms with van der Waals surface area (Å²) in [6.45, 7) is 7.99. The molecule has 0 aliphatic carbocycles. The summed E-state index contributed by atoms with van der Waals surface area (Å²) in [5, 5.41) is 19.1. The number of nitrogens with zero attached hydrogens (tertiary/aromatic N) is 1. The number of hydrogen-bond acceptors (Lipinski definition) is 7. The highest BCUT2D eigenvalue weighted by molar-refractivity contribution is 5.89.